The number of hydrogen-bond acceptors (Lipinski definition) is 6. The van der Waals surface area contributed by atoms with Crippen LogP contribution < -0.4 is 0 Å². The third kappa shape index (κ3) is 2.22. The molecule has 6 heteroatoms. The Kier molecular flexibility index (Phi) is 4.11. The van der Waals surface area contributed by atoms with Gasteiger partial charge in [-0.2, -0.15) is 0 Å². The number of carbonyl (C=O) groups excluding carboxylic acids is 1. The number of ketones is 1. The average molecular weight is 407 g/mol. The molecule has 6 nitrogen and oxygen atoms in total. The van der Waals surface area contributed by atoms with E-state index in [2.05, 4.69) is 6.08 Å². The maximum Gasteiger partial charge on any atom is 0.169 e. The summed E-state index contributed by atoms with van der Waals surface area (Å²) >= 11 is 0. The summed E-state index contributed by atoms with van der Waals surface area (Å²) < 4.78 is 11.9. The molecule has 0 amide bonds. The lowest BCUT2D eigenvalue weighted by Crippen LogP contribution is -2.74. The number of allylic oxidation sites excluding steroid dienone is 1. The predicted octanol–water partition coefficient (Wildman–Crippen LogP) is 2.10. The van der Waals surface area contributed by atoms with Crippen LogP contribution >= 0.6 is 0 Å². The summed E-state index contributed by atoms with van der Waals surface area (Å²) in [7, 11) is 0. The van der Waals surface area contributed by atoms with Crippen LogP contribution in [0.4, 0.5) is 0 Å². The maximum absolute atomic E-state index is 13.7. The predicted molar refractivity (Wildman–Crippen MR) is 105 cm³/mol. The van der Waals surface area contributed by atoms with Crippen molar-refractivity contribution in [3.05, 3.63) is 11.6 Å². The van der Waals surface area contributed by atoms with E-state index in [4.69, 9.17) is 9.47 Å². The molecule has 1 aliphatic heterocycles. The van der Waals surface area contributed by atoms with E-state index in [0.717, 1.165) is 5.57 Å². The van der Waals surface area contributed by atoms with E-state index in [-0.39, 0.29) is 18.1 Å². The minimum Gasteiger partial charge on any atom is -0.393 e. The van der Waals surface area contributed by atoms with Crippen LogP contribution in [0.1, 0.15) is 65.7 Å². The van der Waals surface area contributed by atoms with Gasteiger partial charge in [0.25, 0.3) is 0 Å². The standard InChI is InChI=1S/C23H34O6/c1-19-8-6-15(24)12-14(19)4-5-17-22(26)9-7-16(21(3)28-10-11-29-21)20(22,2)13-18(25)23(17,19)27/h4,15-17,24,26-27H,5-13H2,1-3H3/t15-,16-,17-,19-,20+,22+,23-/m0/s1. The second-order valence-corrected chi connectivity index (χ2v) is 10.8. The topological polar surface area (TPSA) is 96.2 Å². The van der Waals surface area contributed by atoms with Crippen LogP contribution in [-0.4, -0.2) is 57.4 Å². The summed E-state index contributed by atoms with van der Waals surface area (Å²) in [5.74, 6) is -1.64. The zero-order valence-corrected chi connectivity index (χ0v) is 17.7. The Morgan fingerprint density at radius 2 is 1.72 bits per heavy atom. The van der Waals surface area contributed by atoms with Crippen molar-refractivity contribution in [3.63, 3.8) is 0 Å². The number of Topliss-reactive ketones (excluding diaryl/α,β-unsaturated/α-hetero) is 1. The highest BCUT2D eigenvalue weighted by atomic mass is 16.7. The van der Waals surface area contributed by atoms with E-state index in [0.29, 0.717) is 51.7 Å². The van der Waals surface area contributed by atoms with Crippen LogP contribution in [-0.2, 0) is 14.3 Å². The second kappa shape index (κ2) is 5.92. The zero-order valence-electron chi connectivity index (χ0n) is 17.7. The van der Waals surface area contributed by atoms with E-state index in [1.807, 2.05) is 20.8 Å². The first-order valence-electron chi connectivity index (χ1n) is 11.1. The van der Waals surface area contributed by atoms with Gasteiger partial charge >= 0.3 is 0 Å². The van der Waals surface area contributed by atoms with Crippen molar-refractivity contribution in [2.45, 2.75) is 88.8 Å². The molecule has 3 N–H and O–H groups in total. The van der Waals surface area contributed by atoms with E-state index < -0.39 is 39.8 Å². The summed E-state index contributed by atoms with van der Waals surface area (Å²) in [5, 5.41) is 34.3. The Labute approximate surface area is 172 Å². The SMILES string of the molecule is CC1([C@H]2CC[C@@]3(O)[C@@H]4CC=C5C[C@@H](O)CC[C@]5(C)[C@@]4(O)C(=O)C[C@]23C)OCCO1. The molecular weight excluding hydrogens is 372 g/mol. The molecule has 162 valence electrons. The van der Waals surface area contributed by atoms with E-state index >= 15 is 0 Å². The molecule has 5 rings (SSSR count). The monoisotopic (exact) mass is 406 g/mol. The van der Waals surface area contributed by atoms with Gasteiger partial charge in [-0.15, -0.1) is 0 Å². The third-order valence-electron chi connectivity index (χ3n) is 9.68. The van der Waals surface area contributed by atoms with Gasteiger partial charge in [0.2, 0.25) is 0 Å². The van der Waals surface area contributed by atoms with Crippen molar-refractivity contribution >= 4 is 5.78 Å². The summed E-state index contributed by atoms with van der Waals surface area (Å²) in [6.45, 7) is 6.92. The lowest BCUT2D eigenvalue weighted by Gasteiger charge is -2.64. The molecule has 0 aromatic carbocycles. The lowest BCUT2D eigenvalue weighted by molar-refractivity contribution is -0.264. The highest BCUT2D eigenvalue weighted by Crippen LogP contribution is 2.69. The molecule has 3 saturated carbocycles. The Balaban J connectivity index is 1.60. The molecule has 0 unspecified atom stereocenters. The van der Waals surface area contributed by atoms with Crippen LogP contribution in [0, 0.1) is 22.7 Å². The number of aliphatic hydroxyl groups is 3. The van der Waals surface area contributed by atoms with Gasteiger partial charge in [0.05, 0.1) is 24.9 Å². The first kappa shape index (κ1) is 20.1. The average Bonchev–Trinajstić information content (AvgIpc) is 3.20. The fourth-order valence-corrected chi connectivity index (χ4v) is 7.96. The minimum absolute atomic E-state index is 0.109. The molecule has 1 saturated heterocycles. The van der Waals surface area contributed by atoms with Crippen molar-refractivity contribution in [2.24, 2.45) is 22.7 Å². The van der Waals surface area contributed by atoms with E-state index in [9.17, 15) is 20.1 Å². The second-order valence-electron chi connectivity index (χ2n) is 10.8. The fraction of sp³-hybridized carbons (Fsp3) is 0.870. The fourth-order valence-electron chi connectivity index (χ4n) is 7.96. The van der Waals surface area contributed by atoms with Gasteiger partial charge in [0, 0.05) is 29.1 Å². The van der Waals surface area contributed by atoms with Crippen LogP contribution in [0.2, 0.25) is 0 Å². The number of ether oxygens (including phenoxy) is 2. The van der Waals surface area contributed by atoms with Gasteiger partial charge in [0.15, 0.2) is 11.6 Å². The van der Waals surface area contributed by atoms with Crippen molar-refractivity contribution < 1.29 is 29.6 Å². The van der Waals surface area contributed by atoms with E-state index in [1.165, 1.54) is 0 Å². The quantitative estimate of drug-likeness (QED) is 0.577. The van der Waals surface area contributed by atoms with Crippen molar-refractivity contribution in [1.29, 1.82) is 0 Å². The molecule has 0 spiro atoms. The lowest BCUT2D eigenvalue weighted by atomic mass is 9.43. The van der Waals surface area contributed by atoms with Gasteiger partial charge in [0.1, 0.15) is 5.60 Å². The Hall–Kier alpha value is -0.790. The number of carbonyl (C=O) groups is 1. The molecule has 1 heterocycles. The highest BCUT2D eigenvalue weighted by Gasteiger charge is 2.76. The van der Waals surface area contributed by atoms with Crippen LogP contribution in [0.3, 0.4) is 0 Å². The Morgan fingerprint density at radius 3 is 2.41 bits per heavy atom. The first-order chi connectivity index (χ1) is 13.5. The molecule has 0 bridgehead atoms. The zero-order chi connectivity index (χ0) is 20.9. The Morgan fingerprint density at radius 1 is 1.03 bits per heavy atom. The summed E-state index contributed by atoms with van der Waals surface area (Å²) in [4.78, 5) is 13.7. The number of aliphatic hydroxyl groups excluding tert-OH is 1. The number of rotatable bonds is 1. The molecule has 7 atom stereocenters. The van der Waals surface area contributed by atoms with Crippen molar-refractivity contribution in [2.75, 3.05) is 13.2 Å². The van der Waals surface area contributed by atoms with Crippen molar-refractivity contribution in [3.8, 4) is 0 Å². The largest absolute Gasteiger partial charge is 0.393 e. The van der Waals surface area contributed by atoms with Gasteiger partial charge in [-0.1, -0.05) is 25.5 Å². The molecule has 29 heavy (non-hydrogen) atoms. The minimum atomic E-state index is -1.60. The molecule has 0 radical (unpaired) electrons. The normalized spacial score (nSPS) is 53.8. The van der Waals surface area contributed by atoms with Crippen LogP contribution in [0.25, 0.3) is 0 Å². The van der Waals surface area contributed by atoms with Gasteiger partial charge < -0.3 is 24.8 Å². The number of fused-ring (bicyclic) bond motifs is 5. The molecule has 4 aliphatic carbocycles. The highest BCUT2D eigenvalue weighted by molar-refractivity contribution is 5.92. The summed E-state index contributed by atoms with van der Waals surface area (Å²) in [6, 6.07) is 0. The van der Waals surface area contributed by atoms with E-state index in [1.54, 1.807) is 0 Å². The number of hydrogen-bond donors (Lipinski definition) is 3. The maximum atomic E-state index is 13.7. The molecular formula is C23H34O6. The summed E-state index contributed by atoms with van der Waals surface area (Å²) in [6.07, 6.45) is 5.08. The first-order valence-corrected chi connectivity index (χ1v) is 11.1. The van der Waals surface area contributed by atoms with Crippen molar-refractivity contribution in [1.82, 2.24) is 0 Å². The van der Waals surface area contributed by atoms with Gasteiger partial charge in [-0.3, -0.25) is 4.79 Å². The van der Waals surface area contributed by atoms with Gasteiger partial charge in [-0.05, 0) is 45.4 Å². The smallest absolute Gasteiger partial charge is 0.169 e. The van der Waals surface area contributed by atoms with Gasteiger partial charge in [-0.25, -0.2) is 0 Å². The third-order valence-corrected chi connectivity index (χ3v) is 9.68. The molecule has 5 aliphatic rings. The Bertz CT molecular complexity index is 771. The van der Waals surface area contributed by atoms with Crippen LogP contribution in [0.15, 0.2) is 11.6 Å². The molecule has 0 aromatic heterocycles. The molecule has 4 fully saturated rings. The molecule has 0 aromatic rings. The summed E-state index contributed by atoms with van der Waals surface area (Å²) in [5.41, 5.74) is -3.24. The van der Waals surface area contributed by atoms with Crippen LogP contribution in [0.5, 0.6) is 0 Å².